The van der Waals surface area contributed by atoms with Crippen molar-refractivity contribution in [3.63, 3.8) is 0 Å². The Bertz CT molecular complexity index is 628. The number of primary amides is 1. The molecule has 0 spiro atoms. The van der Waals surface area contributed by atoms with Gasteiger partial charge in [0.25, 0.3) is 0 Å². The Morgan fingerprint density at radius 3 is 2.59 bits per heavy atom. The second-order valence-corrected chi connectivity index (χ2v) is 9.37. The fraction of sp³-hybridized carbons (Fsp3) is 0.696. The highest BCUT2D eigenvalue weighted by Gasteiger charge is 2.40. The summed E-state index contributed by atoms with van der Waals surface area (Å²) in [6.07, 6.45) is 7.58. The van der Waals surface area contributed by atoms with Crippen LogP contribution in [0.2, 0.25) is 0 Å². The third-order valence-electron chi connectivity index (χ3n) is 6.60. The standard InChI is InChI=1S/C23H37N3O/c1-4-10-23(2,3)16-25-11-12-26-20-8-9-21(26)15-19(14-20)17-6-5-7-18(13-17)22(24)27/h5-7,13,19-21,25H,4,8-12,14-16H2,1-3H3,(H2,24,27)/t19?,20-,21+. The summed E-state index contributed by atoms with van der Waals surface area (Å²) in [5.41, 5.74) is 7.79. The second kappa shape index (κ2) is 8.74. The van der Waals surface area contributed by atoms with Crippen LogP contribution in [0.1, 0.15) is 81.1 Å². The quantitative estimate of drug-likeness (QED) is 0.647. The summed E-state index contributed by atoms with van der Waals surface area (Å²) in [6, 6.07) is 9.36. The molecule has 2 aliphatic heterocycles. The van der Waals surface area contributed by atoms with Crippen molar-refractivity contribution in [2.24, 2.45) is 11.1 Å². The molecule has 2 bridgehead atoms. The minimum absolute atomic E-state index is 0.325. The third kappa shape index (κ3) is 5.11. The summed E-state index contributed by atoms with van der Waals surface area (Å²) in [4.78, 5) is 14.2. The number of hydrogen-bond acceptors (Lipinski definition) is 3. The van der Waals surface area contributed by atoms with Gasteiger partial charge in [0.15, 0.2) is 0 Å². The van der Waals surface area contributed by atoms with Crippen LogP contribution in [0.15, 0.2) is 24.3 Å². The molecule has 1 amide bonds. The first-order chi connectivity index (χ1) is 12.9. The Morgan fingerprint density at radius 2 is 1.96 bits per heavy atom. The van der Waals surface area contributed by atoms with E-state index < -0.39 is 0 Å². The Labute approximate surface area is 164 Å². The van der Waals surface area contributed by atoms with Crippen molar-refractivity contribution in [1.29, 1.82) is 0 Å². The predicted octanol–water partition coefficient (Wildman–Crippen LogP) is 3.91. The van der Waals surface area contributed by atoms with E-state index in [4.69, 9.17) is 5.73 Å². The number of nitrogens with two attached hydrogens (primary N) is 1. The maximum absolute atomic E-state index is 11.5. The number of benzene rings is 1. The van der Waals surface area contributed by atoms with Crippen LogP contribution in [-0.2, 0) is 0 Å². The molecular formula is C23H37N3O. The molecule has 27 heavy (non-hydrogen) atoms. The van der Waals surface area contributed by atoms with Gasteiger partial charge in [-0.05, 0) is 61.1 Å². The second-order valence-electron chi connectivity index (χ2n) is 9.37. The smallest absolute Gasteiger partial charge is 0.248 e. The number of nitrogens with zero attached hydrogens (tertiary/aromatic N) is 1. The summed E-state index contributed by atoms with van der Waals surface area (Å²) in [5, 5.41) is 3.70. The lowest BCUT2D eigenvalue weighted by molar-refractivity contribution is 0.1000. The van der Waals surface area contributed by atoms with Gasteiger partial charge >= 0.3 is 0 Å². The number of carbonyl (C=O) groups is 1. The number of hydrogen-bond donors (Lipinski definition) is 2. The van der Waals surface area contributed by atoms with Gasteiger partial charge in [0.2, 0.25) is 5.91 Å². The van der Waals surface area contributed by atoms with Crippen LogP contribution in [0.3, 0.4) is 0 Å². The Balaban J connectivity index is 1.52. The highest BCUT2D eigenvalue weighted by Crippen LogP contribution is 2.42. The molecule has 150 valence electrons. The number of piperidine rings is 1. The predicted molar refractivity (Wildman–Crippen MR) is 112 cm³/mol. The van der Waals surface area contributed by atoms with E-state index in [1.807, 2.05) is 18.2 Å². The minimum Gasteiger partial charge on any atom is -0.366 e. The van der Waals surface area contributed by atoms with Gasteiger partial charge < -0.3 is 11.1 Å². The zero-order valence-corrected chi connectivity index (χ0v) is 17.3. The molecule has 4 nitrogen and oxygen atoms in total. The minimum atomic E-state index is -0.325. The molecule has 0 aromatic heterocycles. The molecule has 1 unspecified atom stereocenters. The van der Waals surface area contributed by atoms with Crippen molar-refractivity contribution < 1.29 is 4.79 Å². The summed E-state index contributed by atoms with van der Waals surface area (Å²) in [5.74, 6) is 0.240. The van der Waals surface area contributed by atoms with Gasteiger partial charge in [-0.3, -0.25) is 9.69 Å². The highest BCUT2D eigenvalue weighted by molar-refractivity contribution is 5.92. The normalized spacial score (nSPS) is 25.7. The van der Waals surface area contributed by atoms with Crippen LogP contribution in [0.5, 0.6) is 0 Å². The molecule has 3 rings (SSSR count). The number of fused-ring (bicyclic) bond motifs is 2. The first-order valence-corrected chi connectivity index (χ1v) is 10.8. The van der Waals surface area contributed by atoms with Crippen molar-refractivity contribution in [1.82, 2.24) is 10.2 Å². The fourth-order valence-corrected chi connectivity index (χ4v) is 5.26. The maximum atomic E-state index is 11.5. The van der Waals surface area contributed by atoms with Gasteiger partial charge in [-0.1, -0.05) is 39.3 Å². The van der Waals surface area contributed by atoms with E-state index in [0.29, 0.717) is 29.0 Å². The summed E-state index contributed by atoms with van der Waals surface area (Å²) in [6.45, 7) is 10.3. The van der Waals surface area contributed by atoms with Crippen molar-refractivity contribution in [2.75, 3.05) is 19.6 Å². The summed E-state index contributed by atoms with van der Waals surface area (Å²) in [7, 11) is 0. The number of nitrogens with one attached hydrogen (secondary N) is 1. The van der Waals surface area contributed by atoms with Crippen LogP contribution in [0, 0.1) is 5.41 Å². The molecule has 0 radical (unpaired) electrons. The highest BCUT2D eigenvalue weighted by atomic mass is 16.1. The van der Waals surface area contributed by atoms with Gasteiger partial charge in [0.1, 0.15) is 0 Å². The van der Waals surface area contributed by atoms with Crippen molar-refractivity contribution in [3.8, 4) is 0 Å². The number of amides is 1. The number of carbonyl (C=O) groups excluding carboxylic acids is 1. The van der Waals surface area contributed by atoms with E-state index in [2.05, 4.69) is 37.1 Å². The van der Waals surface area contributed by atoms with Crippen molar-refractivity contribution >= 4 is 5.91 Å². The molecule has 3 N–H and O–H groups in total. The van der Waals surface area contributed by atoms with Gasteiger partial charge in [-0.25, -0.2) is 0 Å². The molecule has 2 fully saturated rings. The van der Waals surface area contributed by atoms with E-state index in [1.165, 1.54) is 44.1 Å². The lowest BCUT2D eigenvalue weighted by Crippen LogP contribution is -2.46. The van der Waals surface area contributed by atoms with Crippen molar-refractivity contribution in [2.45, 2.75) is 77.3 Å². The van der Waals surface area contributed by atoms with E-state index in [0.717, 1.165) is 19.6 Å². The molecular weight excluding hydrogens is 334 g/mol. The molecule has 3 atom stereocenters. The van der Waals surface area contributed by atoms with Crippen LogP contribution < -0.4 is 11.1 Å². The van der Waals surface area contributed by atoms with Gasteiger partial charge in [-0.2, -0.15) is 0 Å². The van der Waals surface area contributed by atoms with Gasteiger partial charge in [-0.15, -0.1) is 0 Å². The third-order valence-corrected chi connectivity index (χ3v) is 6.60. The summed E-state index contributed by atoms with van der Waals surface area (Å²) < 4.78 is 0. The molecule has 2 heterocycles. The molecule has 2 saturated heterocycles. The van der Waals surface area contributed by atoms with E-state index >= 15 is 0 Å². The average molecular weight is 372 g/mol. The first kappa shape index (κ1) is 20.3. The molecule has 4 heteroatoms. The SMILES string of the molecule is CCCC(C)(C)CNCCN1[C@@H]2CC[C@H]1CC(c1cccc(C(N)=O)c1)C2. The fourth-order valence-electron chi connectivity index (χ4n) is 5.26. The largest absolute Gasteiger partial charge is 0.366 e. The Hall–Kier alpha value is -1.39. The van der Waals surface area contributed by atoms with E-state index in [-0.39, 0.29) is 5.91 Å². The lowest BCUT2D eigenvalue weighted by Gasteiger charge is -2.39. The van der Waals surface area contributed by atoms with Gasteiger partial charge in [0.05, 0.1) is 0 Å². The van der Waals surface area contributed by atoms with Crippen LogP contribution in [0.4, 0.5) is 0 Å². The van der Waals surface area contributed by atoms with Crippen LogP contribution in [-0.4, -0.2) is 42.5 Å². The Morgan fingerprint density at radius 1 is 1.26 bits per heavy atom. The molecule has 1 aromatic rings. The summed E-state index contributed by atoms with van der Waals surface area (Å²) >= 11 is 0. The topological polar surface area (TPSA) is 58.4 Å². The molecule has 2 aliphatic rings. The van der Waals surface area contributed by atoms with Crippen LogP contribution in [0.25, 0.3) is 0 Å². The molecule has 0 saturated carbocycles. The van der Waals surface area contributed by atoms with Gasteiger partial charge in [0, 0.05) is 37.3 Å². The molecule has 1 aromatic carbocycles. The lowest BCUT2D eigenvalue weighted by atomic mass is 9.84. The van der Waals surface area contributed by atoms with E-state index in [9.17, 15) is 4.79 Å². The zero-order chi connectivity index (χ0) is 19.4. The molecule has 0 aliphatic carbocycles. The van der Waals surface area contributed by atoms with Crippen LogP contribution >= 0.6 is 0 Å². The van der Waals surface area contributed by atoms with Crippen molar-refractivity contribution in [3.05, 3.63) is 35.4 Å². The maximum Gasteiger partial charge on any atom is 0.248 e. The van der Waals surface area contributed by atoms with E-state index in [1.54, 1.807) is 0 Å². The zero-order valence-electron chi connectivity index (χ0n) is 17.3. The average Bonchev–Trinajstić information content (AvgIpc) is 2.86. The monoisotopic (exact) mass is 371 g/mol. The number of rotatable bonds is 9. The first-order valence-electron chi connectivity index (χ1n) is 10.8. The Kier molecular flexibility index (Phi) is 6.59.